The van der Waals surface area contributed by atoms with Crippen LogP contribution in [0.4, 0.5) is 0 Å². The van der Waals surface area contributed by atoms with E-state index < -0.39 is 0 Å². The summed E-state index contributed by atoms with van der Waals surface area (Å²) < 4.78 is 0. The third kappa shape index (κ3) is 5.54. The summed E-state index contributed by atoms with van der Waals surface area (Å²) in [4.78, 5) is 0. The van der Waals surface area contributed by atoms with Crippen LogP contribution in [0.1, 0.15) is 19.4 Å². The second-order valence-corrected chi connectivity index (χ2v) is 2.99. The van der Waals surface area contributed by atoms with Crippen molar-refractivity contribution < 1.29 is 5.11 Å². The summed E-state index contributed by atoms with van der Waals surface area (Å²) in [5, 5.41) is 8.92. The monoisotopic (exact) mass is 164 g/mol. The number of para-hydroxylation sites is 1. The maximum absolute atomic E-state index is 8.92. The Bertz CT molecular complexity index is 226. The van der Waals surface area contributed by atoms with Crippen LogP contribution in [0.15, 0.2) is 36.4 Å². The quantitative estimate of drug-likeness (QED) is 0.583. The first-order chi connectivity index (χ1) is 5.54. The zero-order chi connectivity index (χ0) is 9.56. The van der Waals surface area contributed by atoms with Crippen molar-refractivity contribution >= 4 is 0 Å². The molecular weight excluding hydrogens is 148 g/mol. The molecule has 0 radical (unpaired) electrons. The molecule has 0 bridgehead atoms. The van der Waals surface area contributed by atoms with Crippen LogP contribution in [0.25, 0.3) is 0 Å². The summed E-state index contributed by atoms with van der Waals surface area (Å²) in [6, 6.07) is 7.25. The summed E-state index contributed by atoms with van der Waals surface area (Å²) in [6.07, 6.45) is 0. The molecule has 0 saturated heterocycles. The molecule has 0 amide bonds. The second-order valence-electron chi connectivity index (χ2n) is 2.99. The van der Waals surface area contributed by atoms with Crippen LogP contribution >= 0.6 is 0 Å². The van der Waals surface area contributed by atoms with Crippen LogP contribution in [-0.2, 0) is 0 Å². The number of phenolic OH excluding ortho intramolecular Hbond substituents is 1. The number of hydrogen-bond donors (Lipinski definition) is 1. The van der Waals surface area contributed by atoms with E-state index >= 15 is 0 Å². The molecule has 1 N–H and O–H groups in total. The average Bonchev–Trinajstić information content (AvgIpc) is 1.94. The van der Waals surface area contributed by atoms with Crippen molar-refractivity contribution in [1.82, 2.24) is 0 Å². The normalized spacial score (nSPS) is 8.25. The molecule has 1 aromatic carbocycles. The molecule has 1 rings (SSSR count). The van der Waals surface area contributed by atoms with E-state index in [2.05, 4.69) is 6.58 Å². The zero-order valence-corrected chi connectivity index (χ0v) is 7.96. The van der Waals surface area contributed by atoms with Crippen molar-refractivity contribution in [3.8, 4) is 5.75 Å². The molecule has 0 saturated carbocycles. The Morgan fingerprint density at radius 3 is 1.92 bits per heavy atom. The van der Waals surface area contributed by atoms with Gasteiger partial charge in [0.25, 0.3) is 0 Å². The lowest BCUT2D eigenvalue weighted by atomic mass is 10.2. The van der Waals surface area contributed by atoms with Crippen LogP contribution in [0.2, 0.25) is 0 Å². The van der Waals surface area contributed by atoms with Gasteiger partial charge in [-0.15, -0.1) is 6.58 Å². The molecule has 0 aromatic heterocycles. The molecule has 0 unspecified atom stereocenters. The Morgan fingerprint density at radius 1 is 1.25 bits per heavy atom. The molecule has 1 nitrogen and oxygen atoms in total. The van der Waals surface area contributed by atoms with Gasteiger partial charge in [0.2, 0.25) is 0 Å². The predicted octanol–water partition coefficient (Wildman–Crippen LogP) is 3.28. The summed E-state index contributed by atoms with van der Waals surface area (Å²) >= 11 is 0. The number of phenols is 1. The number of allylic oxidation sites excluding steroid dienone is 1. The molecule has 0 aliphatic carbocycles. The van der Waals surface area contributed by atoms with E-state index in [-0.39, 0.29) is 0 Å². The van der Waals surface area contributed by atoms with E-state index in [0.717, 1.165) is 5.56 Å². The molecular formula is C11H16O. The van der Waals surface area contributed by atoms with E-state index in [1.165, 1.54) is 5.57 Å². The Morgan fingerprint density at radius 2 is 1.67 bits per heavy atom. The highest BCUT2D eigenvalue weighted by Crippen LogP contribution is 2.12. The Kier molecular flexibility index (Phi) is 4.86. The highest BCUT2D eigenvalue weighted by Gasteiger charge is 1.86. The van der Waals surface area contributed by atoms with E-state index in [4.69, 9.17) is 5.11 Å². The summed E-state index contributed by atoms with van der Waals surface area (Å²) in [7, 11) is 0. The first-order valence-corrected chi connectivity index (χ1v) is 3.90. The van der Waals surface area contributed by atoms with Gasteiger partial charge in [-0.2, -0.15) is 0 Å². The Hall–Kier alpha value is -1.24. The molecule has 0 aliphatic heterocycles. The molecule has 1 aromatic rings. The lowest BCUT2D eigenvalue weighted by molar-refractivity contribution is 0.471. The van der Waals surface area contributed by atoms with Crippen molar-refractivity contribution in [3.05, 3.63) is 42.0 Å². The van der Waals surface area contributed by atoms with Gasteiger partial charge in [0, 0.05) is 0 Å². The highest BCUT2D eigenvalue weighted by atomic mass is 16.3. The lowest BCUT2D eigenvalue weighted by Gasteiger charge is -1.92. The maximum Gasteiger partial charge on any atom is 0.118 e. The molecule has 66 valence electrons. The lowest BCUT2D eigenvalue weighted by Crippen LogP contribution is -1.68. The largest absolute Gasteiger partial charge is 0.508 e. The molecule has 0 fully saturated rings. The number of aryl methyl sites for hydroxylation is 1. The molecule has 0 spiro atoms. The third-order valence-electron chi connectivity index (χ3n) is 1.12. The number of rotatable bonds is 0. The number of aromatic hydroxyl groups is 1. The number of hydrogen-bond acceptors (Lipinski definition) is 1. The van der Waals surface area contributed by atoms with Gasteiger partial charge in [-0.1, -0.05) is 23.8 Å². The predicted molar refractivity (Wildman–Crippen MR) is 53.3 cm³/mol. The van der Waals surface area contributed by atoms with Crippen molar-refractivity contribution in [2.75, 3.05) is 0 Å². The van der Waals surface area contributed by atoms with Crippen LogP contribution in [-0.4, -0.2) is 5.11 Å². The minimum absolute atomic E-state index is 0.368. The molecule has 0 heterocycles. The molecule has 0 atom stereocenters. The summed E-state index contributed by atoms with van der Waals surface area (Å²) in [6.45, 7) is 9.37. The van der Waals surface area contributed by atoms with Gasteiger partial charge in [-0.05, 0) is 32.4 Å². The van der Waals surface area contributed by atoms with Gasteiger partial charge in [0.1, 0.15) is 5.75 Å². The van der Waals surface area contributed by atoms with Crippen molar-refractivity contribution in [1.29, 1.82) is 0 Å². The van der Waals surface area contributed by atoms with Crippen LogP contribution in [0.3, 0.4) is 0 Å². The second kappa shape index (κ2) is 5.42. The van der Waals surface area contributed by atoms with Crippen molar-refractivity contribution in [3.63, 3.8) is 0 Å². The first kappa shape index (κ1) is 10.8. The molecule has 1 heteroatoms. The van der Waals surface area contributed by atoms with E-state index in [1.807, 2.05) is 39.0 Å². The topological polar surface area (TPSA) is 20.2 Å². The highest BCUT2D eigenvalue weighted by molar-refractivity contribution is 5.29. The van der Waals surface area contributed by atoms with E-state index in [1.54, 1.807) is 6.07 Å². The van der Waals surface area contributed by atoms with Gasteiger partial charge in [-0.3, -0.25) is 0 Å². The van der Waals surface area contributed by atoms with Crippen molar-refractivity contribution in [2.45, 2.75) is 20.8 Å². The fourth-order valence-corrected chi connectivity index (χ4v) is 0.563. The van der Waals surface area contributed by atoms with Gasteiger partial charge < -0.3 is 5.11 Å². The SMILES string of the molecule is C=C(C)C.Cc1ccccc1O. The summed E-state index contributed by atoms with van der Waals surface area (Å²) in [5.74, 6) is 0.368. The number of benzene rings is 1. The minimum atomic E-state index is 0.368. The minimum Gasteiger partial charge on any atom is -0.508 e. The fraction of sp³-hybridized carbons (Fsp3) is 0.273. The third-order valence-corrected chi connectivity index (χ3v) is 1.12. The molecule has 0 aliphatic rings. The fourth-order valence-electron chi connectivity index (χ4n) is 0.563. The van der Waals surface area contributed by atoms with Crippen LogP contribution < -0.4 is 0 Å². The maximum atomic E-state index is 8.92. The Labute approximate surface area is 74.4 Å². The Balaban J connectivity index is 0.000000261. The van der Waals surface area contributed by atoms with E-state index in [0.29, 0.717) is 5.75 Å². The van der Waals surface area contributed by atoms with Gasteiger partial charge in [0.05, 0.1) is 0 Å². The zero-order valence-electron chi connectivity index (χ0n) is 7.96. The van der Waals surface area contributed by atoms with Crippen molar-refractivity contribution in [2.24, 2.45) is 0 Å². The molecule has 12 heavy (non-hydrogen) atoms. The smallest absolute Gasteiger partial charge is 0.118 e. The van der Waals surface area contributed by atoms with Gasteiger partial charge >= 0.3 is 0 Å². The van der Waals surface area contributed by atoms with Gasteiger partial charge in [0.15, 0.2) is 0 Å². The first-order valence-electron chi connectivity index (χ1n) is 3.90. The van der Waals surface area contributed by atoms with E-state index in [9.17, 15) is 0 Å². The van der Waals surface area contributed by atoms with Crippen LogP contribution in [0, 0.1) is 6.92 Å². The van der Waals surface area contributed by atoms with Gasteiger partial charge in [-0.25, -0.2) is 0 Å². The standard InChI is InChI=1S/C7H8O.C4H8/c1-6-4-2-3-5-7(6)8;1-4(2)3/h2-5,8H,1H3;1H2,2-3H3. The summed E-state index contributed by atoms with van der Waals surface area (Å²) in [5.41, 5.74) is 2.09. The average molecular weight is 164 g/mol. The van der Waals surface area contributed by atoms with Crippen LogP contribution in [0.5, 0.6) is 5.75 Å².